The summed E-state index contributed by atoms with van der Waals surface area (Å²) in [4.78, 5) is 20.4. The highest BCUT2D eigenvalue weighted by Gasteiger charge is 2.28. The van der Waals surface area contributed by atoms with Gasteiger partial charge < -0.3 is 15.8 Å². The molecule has 0 radical (unpaired) electrons. The summed E-state index contributed by atoms with van der Waals surface area (Å²) in [6.07, 6.45) is -6.57. The number of hydrogen-bond donors (Lipinski definition) is 2. The zero-order chi connectivity index (χ0) is 19.6. The van der Waals surface area contributed by atoms with Crippen LogP contribution in [0, 0.1) is 5.82 Å². The highest BCUT2D eigenvalue weighted by atomic mass is 32.1. The van der Waals surface area contributed by atoms with E-state index in [-0.39, 0.29) is 17.3 Å². The number of carbonyl (C=O) groups is 1. The van der Waals surface area contributed by atoms with Gasteiger partial charge in [0.15, 0.2) is 5.13 Å². The average molecular weight is 400 g/mol. The van der Waals surface area contributed by atoms with Crippen molar-refractivity contribution in [2.75, 3.05) is 11.1 Å². The van der Waals surface area contributed by atoms with Gasteiger partial charge in [-0.1, -0.05) is 11.3 Å². The minimum Gasteiger partial charge on any atom is -0.439 e. The Bertz CT molecular complexity index is 990. The van der Waals surface area contributed by atoms with E-state index in [2.05, 4.69) is 15.3 Å². The van der Waals surface area contributed by atoms with Crippen molar-refractivity contribution >= 4 is 38.4 Å². The Hall–Kier alpha value is -2.95. The maximum atomic E-state index is 13.8. The fraction of sp³-hybridized carbons (Fsp3) is 0.188. The number of alkyl halides is 3. The summed E-state index contributed by atoms with van der Waals surface area (Å²) in [5.74, 6) is -1.43. The first-order chi connectivity index (χ1) is 12.7. The standard InChI is InChI=1S/C16H12F4N4O2S/c17-9-2-1-8(7-11(9)22-12(25)5-6-16(18,19)20)26-13-4-3-10-14(24-13)27-15(21)23-10/h1-4,7H,5-6H2,(H2,21,23)(H,22,25). The van der Waals surface area contributed by atoms with Gasteiger partial charge in [-0.25, -0.2) is 14.4 Å². The highest BCUT2D eigenvalue weighted by Crippen LogP contribution is 2.29. The summed E-state index contributed by atoms with van der Waals surface area (Å²) in [6, 6.07) is 6.67. The number of hydrogen-bond acceptors (Lipinski definition) is 6. The van der Waals surface area contributed by atoms with Crippen molar-refractivity contribution in [1.29, 1.82) is 0 Å². The molecule has 2 heterocycles. The third-order valence-electron chi connectivity index (χ3n) is 3.32. The van der Waals surface area contributed by atoms with Gasteiger partial charge in [0.25, 0.3) is 0 Å². The molecular weight excluding hydrogens is 388 g/mol. The second kappa shape index (κ2) is 7.35. The average Bonchev–Trinajstić information content (AvgIpc) is 2.95. The molecular formula is C16H12F4N4O2S. The Labute approximate surface area is 154 Å². The number of thiazole rings is 1. The van der Waals surface area contributed by atoms with E-state index in [0.717, 1.165) is 23.5 Å². The minimum atomic E-state index is -4.47. The number of rotatable bonds is 5. The Morgan fingerprint density at radius 3 is 2.74 bits per heavy atom. The minimum absolute atomic E-state index is 0.145. The lowest BCUT2D eigenvalue weighted by Crippen LogP contribution is -2.17. The van der Waals surface area contributed by atoms with Crippen LogP contribution < -0.4 is 15.8 Å². The summed E-state index contributed by atoms with van der Waals surface area (Å²) >= 11 is 1.16. The lowest BCUT2D eigenvalue weighted by Gasteiger charge is -2.10. The van der Waals surface area contributed by atoms with Crippen LogP contribution >= 0.6 is 11.3 Å². The third kappa shape index (κ3) is 5.03. The van der Waals surface area contributed by atoms with Gasteiger partial charge in [-0.3, -0.25) is 4.79 Å². The summed E-state index contributed by atoms with van der Waals surface area (Å²) in [6.45, 7) is 0. The van der Waals surface area contributed by atoms with Crippen LogP contribution in [0.15, 0.2) is 30.3 Å². The molecule has 0 fully saturated rings. The van der Waals surface area contributed by atoms with Crippen LogP contribution in [0.2, 0.25) is 0 Å². The van der Waals surface area contributed by atoms with E-state index in [4.69, 9.17) is 10.5 Å². The van der Waals surface area contributed by atoms with Gasteiger partial charge in [-0.2, -0.15) is 13.2 Å². The van der Waals surface area contributed by atoms with Crippen LogP contribution in [-0.4, -0.2) is 22.1 Å². The number of nitrogens with two attached hydrogens (primary N) is 1. The molecule has 0 aliphatic carbocycles. The Morgan fingerprint density at radius 2 is 2.00 bits per heavy atom. The molecule has 0 atom stereocenters. The molecule has 27 heavy (non-hydrogen) atoms. The van der Waals surface area contributed by atoms with E-state index < -0.39 is 30.7 Å². The molecule has 3 rings (SSSR count). The first-order valence-electron chi connectivity index (χ1n) is 7.57. The number of benzene rings is 1. The lowest BCUT2D eigenvalue weighted by molar-refractivity contribution is -0.142. The quantitative estimate of drug-likeness (QED) is 0.616. The van der Waals surface area contributed by atoms with Crippen molar-refractivity contribution < 1.29 is 27.1 Å². The number of pyridine rings is 1. The molecule has 0 aliphatic heterocycles. The van der Waals surface area contributed by atoms with Gasteiger partial charge >= 0.3 is 6.18 Å². The fourth-order valence-corrected chi connectivity index (χ4v) is 2.82. The number of nitrogen functional groups attached to an aromatic ring is 1. The summed E-state index contributed by atoms with van der Waals surface area (Å²) in [7, 11) is 0. The van der Waals surface area contributed by atoms with E-state index in [0.29, 0.717) is 15.5 Å². The van der Waals surface area contributed by atoms with Crippen LogP contribution in [0.25, 0.3) is 10.3 Å². The van der Waals surface area contributed by atoms with Crippen LogP contribution in [0.5, 0.6) is 11.6 Å². The van der Waals surface area contributed by atoms with Gasteiger partial charge in [-0.15, -0.1) is 0 Å². The van der Waals surface area contributed by atoms with Gasteiger partial charge in [0.2, 0.25) is 11.8 Å². The topological polar surface area (TPSA) is 90.1 Å². The van der Waals surface area contributed by atoms with E-state index in [1.807, 2.05) is 0 Å². The lowest BCUT2D eigenvalue weighted by atomic mass is 10.2. The SMILES string of the molecule is Nc1nc2ccc(Oc3ccc(F)c(NC(=O)CCC(F)(F)F)c3)nc2s1. The number of amides is 1. The number of ether oxygens (including phenoxy) is 1. The zero-order valence-corrected chi connectivity index (χ0v) is 14.3. The predicted octanol–water partition coefficient (Wildman–Crippen LogP) is 4.49. The van der Waals surface area contributed by atoms with Crippen molar-refractivity contribution in [3.05, 3.63) is 36.1 Å². The Morgan fingerprint density at radius 1 is 1.22 bits per heavy atom. The highest BCUT2D eigenvalue weighted by molar-refractivity contribution is 7.21. The fourth-order valence-electron chi connectivity index (χ4n) is 2.13. The van der Waals surface area contributed by atoms with Crippen molar-refractivity contribution in [1.82, 2.24) is 9.97 Å². The number of carbonyl (C=O) groups excluding carboxylic acids is 1. The molecule has 0 saturated carbocycles. The maximum Gasteiger partial charge on any atom is 0.389 e. The normalized spacial score (nSPS) is 11.6. The molecule has 0 unspecified atom stereocenters. The first-order valence-corrected chi connectivity index (χ1v) is 8.38. The first kappa shape index (κ1) is 18.8. The second-order valence-electron chi connectivity index (χ2n) is 5.43. The Balaban J connectivity index is 1.72. The van der Waals surface area contributed by atoms with E-state index in [1.54, 1.807) is 6.07 Å². The maximum absolute atomic E-state index is 13.8. The molecule has 0 bridgehead atoms. The third-order valence-corrected chi connectivity index (χ3v) is 4.11. The zero-order valence-electron chi connectivity index (χ0n) is 13.5. The summed E-state index contributed by atoms with van der Waals surface area (Å²) in [5.41, 5.74) is 5.91. The van der Waals surface area contributed by atoms with E-state index >= 15 is 0 Å². The van der Waals surface area contributed by atoms with Crippen LogP contribution in [0.1, 0.15) is 12.8 Å². The smallest absolute Gasteiger partial charge is 0.389 e. The largest absolute Gasteiger partial charge is 0.439 e. The van der Waals surface area contributed by atoms with Crippen molar-refractivity contribution in [2.24, 2.45) is 0 Å². The molecule has 3 N–H and O–H groups in total. The van der Waals surface area contributed by atoms with Crippen molar-refractivity contribution in [3.8, 4) is 11.6 Å². The molecule has 142 valence electrons. The van der Waals surface area contributed by atoms with Crippen LogP contribution in [0.4, 0.5) is 28.4 Å². The van der Waals surface area contributed by atoms with E-state index in [1.165, 1.54) is 12.1 Å². The van der Waals surface area contributed by atoms with Gasteiger partial charge in [0.05, 0.1) is 12.1 Å². The molecule has 0 aliphatic rings. The molecule has 6 nitrogen and oxygen atoms in total. The molecule has 1 amide bonds. The molecule has 11 heteroatoms. The number of fused-ring (bicyclic) bond motifs is 1. The number of nitrogens with one attached hydrogen (secondary N) is 1. The summed E-state index contributed by atoms with van der Waals surface area (Å²) in [5, 5.41) is 2.45. The van der Waals surface area contributed by atoms with Crippen LogP contribution in [-0.2, 0) is 4.79 Å². The molecule has 0 saturated heterocycles. The van der Waals surface area contributed by atoms with Gasteiger partial charge in [0, 0.05) is 18.6 Å². The van der Waals surface area contributed by atoms with Crippen LogP contribution in [0.3, 0.4) is 0 Å². The van der Waals surface area contributed by atoms with Crippen molar-refractivity contribution in [3.63, 3.8) is 0 Å². The van der Waals surface area contributed by atoms with Crippen molar-refractivity contribution in [2.45, 2.75) is 19.0 Å². The summed E-state index contributed by atoms with van der Waals surface area (Å²) < 4.78 is 55.8. The molecule has 0 spiro atoms. The Kier molecular flexibility index (Phi) is 5.13. The number of aromatic nitrogens is 2. The second-order valence-corrected chi connectivity index (χ2v) is 6.44. The van der Waals surface area contributed by atoms with Gasteiger partial charge in [-0.05, 0) is 18.2 Å². The molecule has 1 aromatic carbocycles. The van der Waals surface area contributed by atoms with Gasteiger partial charge in [0.1, 0.15) is 21.9 Å². The van der Waals surface area contributed by atoms with E-state index in [9.17, 15) is 22.4 Å². The molecule has 3 aromatic rings. The molecule has 2 aromatic heterocycles. The number of anilines is 2. The monoisotopic (exact) mass is 400 g/mol. The number of halogens is 4. The number of nitrogens with zero attached hydrogens (tertiary/aromatic N) is 2. The predicted molar refractivity (Wildman–Crippen MR) is 92.2 cm³/mol.